The largest absolute Gasteiger partial charge is 0.207 e. The maximum atomic E-state index is 12.5. The number of hydrogen-bond donors (Lipinski definition) is 0. The molecule has 1 radical (unpaired) electrons. The first-order chi connectivity index (χ1) is 4.86. The van der Waals surface area contributed by atoms with E-state index in [1.165, 1.54) is 6.07 Å². The zero-order valence-corrected chi connectivity index (χ0v) is 5.39. The highest BCUT2D eigenvalue weighted by molar-refractivity contribution is 5.57. The summed E-state index contributed by atoms with van der Waals surface area (Å²) >= 11 is 0. The zero-order valence-electron chi connectivity index (χ0n) is 5.39. The fourth-order valence-electron chi connectivity index (χ4n) is 1.14. The first-order valence-corrected chi connectivity index (χ1v) is 3.21. The van der Waals surface area contributed by atoms with Crippen molar-refractivity contribution in [3.63, 3.8) is 0 Å². The van der Waals surface area contributed by atoms with E-state index in [0.717, 1.165) is 17.5 Å². The Morgan fingerprint density at radius 3 is 3.20 bits per heavy atom. The van der Waals surface area contributed by atoms with Gasteiger partial charge in [0.05, 0.1) is 0 Å². The Morgan fingerprint density at radius 2 is 2.30 bits per heavy atom. The van der Waals surface area contributed by atoms with Gasteiger partial charge in [-0.15, -0.1) is 0 Å². The summed E-state index contributed by atoms with van der Waals surface area (Å²) in [7, 11) is 0. The van der Waals surface area contributed by atoms with E-state index in [2.05, 4.69) is 6.08 Å². The van der Waals surface area contributed by atoms with Crippen molar-refractivity contribution in [2.75, 3.05) is 0 Å². The smallest absolute Gasteiger partial charge is 0.123 e. The lowest BCUT2D eigenvalue weighted by atomic mass is 10.1. The summed E-state index contributed by atoms with van der Waals surface area (Å²) in [5.41, 5.74) is 2.14. The Bertz CT molecular complexity index is 287. The van der Waals surface area contributed by atoms with Crippen molar-refractivity contribution in [3.8, 4) is 0 Å². The molecule has 1 heteroatoms. The molecule has 0 atom stereocenters. The number of hydrogen-bond acceptors (Lipinski definition) is 0. The highest BCUT2D eigenvalue weighted by Gasteiger charge is 2.04. The third-order valence-electron chi connectivity index (χ3n) is 1.66. The second-order valence-electron chi connectivity index (χ2n) is 2.37. The molecule has 1 aromatic rings. The van der Waals surface area contributed by atoms with Crippen LogP contribution >= 0.6 is 0 Å². The second-order valence-corrected chi connectivity index (χ2v) is 2.37. The molecule has 0 unspecified atom stereocenters. The maximum absolute atomic E-state index is 12.5. The third kappa shape index (κ3) is 0.747. The molecule has 0 fully saturated rings. The summed E-state index contributed by atoms with van der Waals surface area (Å²) in [6.07, 6.45) is 5.68. The van der Waals surface area contributed by atoms with E-state index in [4.69, 9.17) is 0 Å². The fourth-order valence-corrected chi connectivity index (χ4v) is 1.14. The van der Waals surface area contributed by atoms with Crippen molar-refractivity contribution in [3.05, 3.63) is 41.2 Å². The summed E-state index contributed by atoms with van der Waals surface area (Å²) in [6, 6.07) is 4.82. The van der Waals surface area contributed by atoms with Crippen LogP contribution < -0.4 is 0 Å². The highest BCUT2D eigenvalue weighted by Crippen LogP contribution is 2.18. The van der Waals surface area contributed by atoms with Crippen molar-refractivity contribution < 1.29 is 4.39 Å². The van der Waals surface area contributed by atoms with Gasteiger partial charge in [-0.25, -0.2) is 4.39 Å². The molecule has 1 aromatic carbocycles. The minimum Gasteiger partial charge on any atom is -0.207 e. The van der Waals surface area contributed by atoms with Crippen LogP contribution in [0, 0.1) is 11.9 Å². The molecule has 0 aromatic heterocycles. The van der Waals surface area contributed by atoms with Gasteiger partial charge in [0.2, 0.25) is 0 Å². The molecule has 1 aliphatic carbocycles. The van der Waals surface area contributed by atoms with Crippen LogP contribution in [0.15, 0.2) is 18.2 Å². The molecule has 0 spiro atoms. The first-order valence-electron chi connectivity index (χ1n) is 3.21. The first kappa shape index (κ1) is 5.66. The lowest BCUT2D eigenvalue weighted by Crippen LogP contribution is -1.82. The molecule has 49 valence electrons. The SMILES string of the molecule is Fc1ccc2c(c1)C[C]=C2. The van der Waals surface area contributed by atoms with E-state index in [1.54, 1.807) is 12.1 Å². The maximum Gasteiger partial charge on any atom is 0.123 e. The fraction of sp³-hybridized carbons (Fsp3) is 0.111. The number of allylic oxidation sites excluding steroid dienone is 1. The minimum atomic E-state index is -0.157. The standard InChI is InChI=1S/C9H6F/c10-9-5-4-7-2-1-3-8(7)6-9/h2,4-6H,3H2. The van der Waals surface area contributed by atoms with Crippen LogP contribution in [0.1, 0.15) is 11.1 Å². The molecule has 10 heavy (non-hydrogen) atoms. The van der Waals surface area contributed by atoms with E-state index in [1.807, 2.05) is 6.08 Å². The minimum absolute atomic E-state index is 0.157. The van der Waals surface area contributed by atoms with Crippen LogP contribution in [-0.2, 0) is 6.42 Å². The molecule has 2 rings (SSSR count). The van der Waals surface area contributed by atoms with Crippen LogP contribution in [0.3, 0.4) is 0 Å². The number of fused-ring (bicyclic) bond motifs is 1. The number of benzene rings is 1. The topological polar surface area (TPSA) is 0 Å². The van der Waals surface area contributed by atoms with Crippen molar-refractivity contribution in [2.24, 2.45) is 0 Å². The molecular weight excluding hydrogens is 127 g/mol. The van der Waals surface area contributed by atoms with E-state index in [-0.39, 0.29) is 5.82 Å². The Hall–Kier alpha value is -1.11. The average molecular weight is 133 g/mol. The lowest BCUT2D eigenvalue weighted by molar-refractivity contribution is 0.626. The van der Waals surface area contributed by atoms with Crippen LogP contribution in [0.2, 0.25) is 0 Å². The summed E-state index contributed by atoms with van der Waals surface area (Å²) in [5.74, 6) is -0.157. The molecular formula is C9H6F. The summed E-state index contributed by atoms with van der Waals surface area (Å²) in [6.45, 7) is 0. The van der Waals surface area contributed by atoms with E-state index in [0.29, 0.717) is 0 Å². The number of halogens is 1. The molecule has 0 amide bonds. The van der Waals surface area contributed by atoms with Gasteiger partial charge in [0.1, 0.15) is 5.82 Å². The van der Waals surface area contributed by atoms with Crippen molar-refractivity contribution in [1.82, 2.24) is 0 Å². The van der Waals surface area contributed by atoms with E-state index < -0.39 is 0 Å². The van der Waals surface area contributed by atoms with Crippen LogP contribution in [0.5, 0.6) is 0 Å². The van der Waals surface area contributed by atoms with Crippen molar-refractivity contribution in [1.29, 1.82) is 0 Å². The summed E-state index contributed by atoms with van der Waals surface area (Å²) < 4.78 is 12.5. The van der Waals surface area contributed by atoms with Gasteiger partial charge in [-0.3, -0.25) is 0 Å². The Labute approximate surface area is 59.0 Å². The van der Waals surface area contributed by atoms with Crippen LogP contribution in [0.4, 0.5) is 4.39 Å². The molecule has 0 nitrogen and oxygen atoms in total. The van der Waals surface area contributed by atoms with Gasteiger partial charge >= 0.3 is 0 Å². The normalized spacial score (nSPS) is 13.7. The molecule has 1 aliphatic rings. The Kier molecular flexibility index (Phi) is 1.10. The van der Waals surface area contributed by atoms with Gasteiger partial charge < -0.3 is 0 Å². The molecule has 0 bridgehead atoms. The van der Waals surface area contributed by atoms with Gasteiger partial charge in [-0.2, -0.15) is 0 Å². The monoisotopic (exact) mass is 133 g/mol. The quantitative estimate of drug-likeness (QED) is 0.509. The van der Waals surface area contributed by atoms with Crippen molar-refractivity contribution >= 4 is 6.08 Å². The molecule has 0 saturated heterocycles. The zero-order chi connectivity index (χ0) is 6.97. The molecule has 0 N–H and O–H groups in total. The predicted molar refractivity (Wildman–Crippen MR) is 37.8 cm³/mol. The van der Waals surface area contributed by atoms with E-state index >= 15 is 0 Å². The predicted octanol–water partition coefficient (Wildman–Crippen LogP) is 2.20. The van der Waals surface area contributed by atoms with Gasteiger partial charge in [-0.1, -0.05) is 12.1 Å². The van der Waals surface area contributed by atoms with Gasteiger partial charge in [-0.05, 0) is 35.8 Å². The summed E-state index contributed by atoms with van der Waals surface area (Å²) in [5, 5.41) is 0. The van der Waals surface area contributed by atoms with Crippen LogP contribution in [-0.4, -0.2) is 0 Å². The van der Waals surface area contributed by atoms with Gasteiger partial charge in [0.15, 0.2) is 0 Å². The summed E-state index contributed by atoms with van der Waals surface area (Å²) in [4.78, 5) is 0. The van der Waals surface area contributed by atoms with E-state index in [9.17, 15) is 4.39 Å². The van der Waals surface area contributed by atoms with Crippen molar-refractivity contribution in [2.45, 2.75) is 6.42 Å². The molecule has 0 saturated carbocycles. The van der Waals surface area contributed by atoms with Crippen LogP contribution in [0.25, 0.3) is 6.08 Å². The average Bonchev–Trinajstić information content (AvgIpc) is 2.33. The Balaban J connectivity index is 2.59. The lowest BCUT2D eigenvalue weighted by Gasteiger charge is -1.95. The second kappa shape index (κ2) is 1.94. The number of rotatable bonds is 0. The third-order valence-corrected chi connectivity index (χ3v) is 1.66. The highest BCUT2D eigenvalue weighted by atomic mass is 19.1. The van der Waals surface area contributed by atoms with Gasteiger partial charge in [0, 0.05) is 0 Å². The molecule has 0 heterocycles. The molecule has 0 aliphatic heterocycles. The van der Waals surface area contributed by atoms with Gasteiger partial charge in [0.25, 0.3) is 0 Å². The Morgan fingerprint density at radius 1 is 1.40 bits per heavy atom.